The van der Waals surface area contributed by atoms with Gasteiger partial charge in [0.2, 0.25) is 17.7 Å². The van der Waals surface area contributed by atoms with Crippen molar-refractivity contribution in [1.29, 1.82) is 0 Å². The van der Waals surface area contributed by atoms with Crippen LogP contribution in [0.3, 0.4) is 0 Å². The molecule has 8 heteroatoms. The van der Waals surface area contributed by atoms with Gasteiger partial charge in [0.05, 0.1) is 11.8 Å². The molecule has 0 aromatic heterocycles. The summed E-state index contributed by atoms with van der Waals surface area (Å²) in [6.45, 7) is 2.12. The molecule has 3 N–H and O–H groups in total. The van der Waals surface area contributed by atoms with E-state index in [-0.39, 0.29) is 37.1 Å². The number of rotatable bonds is 6. The third-order valence-electron chi connectivity index (χ3n) is 7.10. The van der Waals surface area contributed by atoms with Gasteiger partial charge in [0.1, 0.15) is 5.54 Å². The number of carboxylic acid groups (broad SMARTS) is 1. The number of likely N-dealkylation sites (tertiary alicyclic amines) is 1. The van der Waals surface area contributed by atoms with Crippen molar-refractivity contribution in [3.05, 3.63) is 65.2 Å². The predicted octanol–water partition coefficient (Wildman–Crippen LogP) is 1.82. The monoisotopic (exact) mass is 447 g/mol. The Kier molecular flexibility index (Phi) is 5.05. The Labute approximate surface area is 191 Å². The van der Waals surface area contributed by atoms with Gasteiger partial charge in [-0.2, -0.15) is 0 Å². The van der Waals surface area contributed by atoms with Gasteiger partial charge >= 0.3 is 5.97 Å². The van der Waals surface area contributed by atoms with E-state index in [1.165, 1.54) is 4.90 Å². The summed E-state index contributed by atoms with van der Waals surface area (Å²) in [5.41, 5.74) is 1.80. The zero-order valence-electron chi connectivity index (χ0n) is 18.2. The van der Waals surface area contributed by atoms with E-state index in [1.807, 2.05) is 49.4 Å². The van der Waals surface area contributed by atoms with Gasteiger partial charge in [0.25, 0.3) is 0 Å². The molecule has 2 aromatic carbocycles. The molecule has 8 nitrogen and oxygen atoms in total. The Morgan fingerprint density at radius 1 is 1.09 bits per heavy atom. The van der Waals surface area contributed by atoms with Crippen molar-refractivity contribution in [3.8, 4) is 0 Å². The fourth-order valence-electron chi connectivity index (χ4n) is 5.61. The van der Waals surface area contributed by atoms with Crippen LogP contribution in [0, 0.1) is 18.8 Å². The fourth-order valence-corrected chi connectivity index (χ4v) is 5.61. The molecule has 3 amide bonds. The maximum absolute atomic E-state index is 13.7. The second-order valence-electron chi connectivity index (χ2n) is 9.06. The lowest BCUT2D eigenvalue weighted by atomic mass is 9.76. The summed E-state index contributed by atoms with van der Waals surface area (Å²) in [5.74, 6) is -3.78. The molecule has 170 valence electrons. The minimum Gasteiger partial charge on any atom is -0.481 e. The van der Waals surface area contributed by atoms with E-state index in [0.717, 1.165) is 11.1 Å². The molecular weight excluding hydrogens is 422 g/mol. The van der Waals surface area contributed by atoms with Crippen molar-refractivity contribution in [2.24, 2.45) is 11.8 Å². The Hall–Kier alpha value is -3.52. The normalized spacial score (nSPS) is 27.7. The highest BCUT2D eigenvalue weighted by Crippen LogP contribution is 2.53. The standard InChI is InChI=1S/C25H25N3O5/c1-14-7-8-17-16(13-14)25(24(33)26-17)21-20(18(27-25)9-10-19(29)30)22(31)28(23(21)32)12-11-15-5-3-2-4-6-15/h2-8,13,18,20-21,27H,9-12H2,1H3,(H,26,33)(H,29,30). The Bertz CT molecular complexity index is 1160. The molecule has 33 heavy (non-hydrogen) atoms. The van der Waals surface area contributed by atoms with Gasteiger partial charge in [0, 0.05) is 30.3 Å². The summed E-state index contributed by atoms with van der Waals surface area (Å²) in [7, 11) is 0. The van der Waals surface area contributed by atoms with Gasteiger partial charge in [-0.25, -0.2) is 0 Å². The van der Waals surface area contributed by atoms with E-state index in [2.05, 4.69) is 10.6 Å². The van der Waals surface area contributed by atoms with E-state index in [0.29, 0.717) is 17.7 Å². The predicted molar refractivity (Wildman–Crippen MR) is 119 cm³/mol. The second kappa shape index (κ2) is 7.81. The molecule has 4 unspecified atom stereocenters. The Balaban J connectivity index is 1.53. The molecule has 0 aliphatic carbocycles. The molecular formula is C25H25N3O5. The number of imide groups is 1. The van der Waals surface area contributed by atoms with Crippen molar-refractivity contribution in [2.45, 2.75) is 37.8 Å². The van der Waals surface area contributed by atoms with E-state index >= 15 is 0 Å². The van der Waals surface area contributed by atoms with E-state index in [9.17, 15) is 24.3 Å². The van der Waals surface area contributed by atoms with Crippen LogP contribution in [0.4, 0.5) is 5.69 Å². The van der Waals surface area contributed by atoms with Crippen molar-refractivity contribution in [3.63, 3.8) is 0 Å². The summed E-state index contributed by atoms with van der Waals surface area (Å²) in [6, 6.07) is 14.5. The smallest absolute Gasteiger partial charge is 0.303 e. The number of carbonyl (C=O) groups is 4. The molecule has 5 rings (SSSR count). The lowest BCUT2D eigenvalue weighted by molar-refractivity contribution is -0.143. The topological polar surface area (TPSA) is 116 Å². The van der Waals surface area contributed by atoms with Crippen LogP contribution in [0.15, 0.2) is 48.5 Å². The van der Waals surface area contributed by atoms with Crippen LogP contribution in [0.5, 0.6) is 0 Å². The maximum Gasteiger partial charge on any atom is 0.303 e. The van der Waals surface area contributed by atoms with Gasteiger partial charge in [-0.15, -0.1) is 0 Å². The number of aryl methyl sites for hydroxylation is 1. The van der Waals surface area contributed by atoms with Crippen molar-refractivity contribution in [2.75, 3.05) is 11.9 Å². The molecule has 0 bridgehead atoms. The van der Waals surface area contributed by atoms with Crippen LogP contribution < -0.4 is 10.6 Å². The van der Waals surface area contributed by atoms with Crippen LogP contribution in [0.25, 0.3) is 0 Å². The average Bonchev–Trinajstić information content (AvgIpc) is 3.37. The lowest BCUT2D eigenvalue weighted by Gasteiger charge is -2.29. The first kappa shape index (κ1) is 21.3. The highest BCUT2D eigenvalue weighted by Gasteiger charge is 2.70. The first-order valence-electron chi connectivity index (χ1n) is 11.1. The average molecular weight is 447 g/mol. The molecule has 4 atom stereocenters. The number of nitrogens with zero attached hydrogens (tertiary/aromatic N) is 1. The van der Waals surface area contributed by atoms with Crippen LogP contribution in [-0.2, 0) is 31.1 Å². The summed E-state index contributed by atoms with van der Waals surface area (Å²) in [4.78, 5) is 53.0. The van der Waals surface area contributed by atoms with Crippen molar-refractivity contribution in [1.82, 2.24) is 10.2 Å². The van der Waals surface area contributed by atoms with E-state index in [1.54, 1.807) is 6.07 Å². The molecule has 2 saturated heterocycles. The van der Waals surface area contributed by atoms with Gasteiger partial charge in [-0.3, -0.25) is 29.4 Å². The minimum absolute atomic E-state index is 0.151. The van der Waals surface area contributed by atoms with E-state index < -0.39 is 29.4 Å². The van der Waals surface area contributed by atoms with Gasteiger partial charge in [-0.05, 0) is 31.4 Å². The number of carboxylic acids is 1. The van der Waals surface area contributed by atoms with Crippen LogP contribution in [0.1, 0.15) is 29.5 Å². The summed E-state index contributed by atoms with van der Waals surface area (Å²) < 4.78 is 0. The largest absolute Gasteiger partial charge is 0.481 e. The molecule has 0 saturated carbocycles. The summed E-state index contributed by atoms with van der Waals surface area (Å²) in [5, 5.41) is 15.4. The van der Waals surface area contributed by atoms with Gasteiger partial charge < -0.3 is 10.4 Å². The van der Waals surface area contributed by atoms with Crippen molar-refractivity contribution < 1.29 is 24.3 Å². The third kappa shape index (κ3) is 3.24. The lowest BCUT2D eigenvalue weighted by Crippen LogP contribution is -2.53. The molecule has 2 fully saturated rings. The number of anilines is 1. The quantitative estimate of drug-likeness (QED) is 0.582. The number of aliphatic carboxylic acids is 1. The molecule has 3 aliphatic rings. The number of hydrogen-bond donors (Lipinski definition) is 3. The number of nitrogens with one attached hydrogen (secondary N) is 2. The van der Waals surface area contributed by atoms with Gasteiger partial charge in [-0.1, -0.05) is 48.0 Å². The SMILES string of the molecule is Cc1ccc2c(c1)C1(NC(CCC(=O)O)C3C(=O)N(CCc4ccccc4)C(=O)C31)C(=O)N2. The molecule has 1 spiro atoms. The molecule has 2 aromatic rings. The first-order chi connectivity index (χ1) is 15.8. The third-order valence-corrected chi connectivity index (χ3v) is 7.10. The molecule has 3 aliphatic heterocycles. The summed E-state index contributed by atoms with van der Waals surface area (Å²) in [6.07, 6.45) is 0.503. The van der Waals surface area contributed by atoms with Crippen LogP contribution >= 0.6 is 0 Å². The number of benzene rings is 2. The van der Waals surface area contributed by atoms with Crippen LogP contribution in [0.2, 0.25) is 0 Å². The van der Waals surface area contributed by atoms with E-state index in [4.69, 9.17) is 0 Å². The zero-order chi connectivity index (χ0) is 23.3. The first-order valence-corrected chi connectivity index (χ1v) is 11.1. The Morgan fingerprint density at radius 2 is 1.85 bits per heavy atom. The number of amides is 3. The number of fused-ring (bicyclic) bond motifs is 4. The Morgan fingerprint density at radius 3 is 2.58 bits per heavy atom. The minimum atomic E-state index is -1.39. The zero-order valence-corrected chi connectivity index (χ0v) is 18.2. The highest BCUT2D eigenvalue weighted by molar-refractivity contribution is 6.15. The highest BCUT2D eigenvalue weighted by atomic mass is 16.4. The summed E-state index contributed by atoms with van der Waals surface area (Å²) >= 11 is 0. The maximum atomic E-state index is 13.7. The number of hydrogen-bond acceptors (Lipinski definition) is 5. The van der Waals surface area contributed by atoms with Gasteiger partial charge in [0.15, 0.2) is 0 Å². The fraction of sp³-hybridized carbons (Fsp3) is 0.360. The van der Waals surface area contributed by atoms with Crippen molar-refractivity contribution >= 4 is 29.4 Å². The molecule has 3 heterocycles. The molecule has 0 radical (unpaired) electrons. The number of carbonyl (C=O) groups excluding carboxylic acids is 3. The van der Waals surface area contributed by atoms with Crippen LogP contribution in [-0.4, -0.2) is 46.3 Å². The second-order valence-corrected chi connectivity index (χ2v) is 9.06.